The molecular formula is C13H30O3Si. The maximum Gasteiger partial charge on any atom is 0.484 e. The molecule has 3 nitrogen and oxygen atoms in total. The van der Waals surface area contributed by atoms with Crippen LogP contribution in [0.25, 0.3) is 0 Å². The van der Waals surface area contributed by atoms with Gasteiger partial charge in [0.15, 0.2) is 0 Å². The van der Waals surface area contributed by atoms with E-state index in [0.29, 0.717) is 0 Å². The number of hydrogen-bond acceptors (Lipinski definition) is 3. The lowest BCUT2D eigenvalue weighted by Gasteiger charge is -2.16. The average Bonchev–Trinajstić information content (AvgIpc) is 2.34. The third-order valence-electron chi connectivity index (χ3n) is 2.51. The van der Waals surface area contributed by atoms with Crippen LogP contribution in [0.5, 0.6) is 0 Å². The molecule has 0 saturated heterocycles. The molecule has 0 aliphatic rings. The number of unbranched alkanes of at least 4 members (excludes halogenated alkanes) is 4. The second-order valence-corrected chi connectivity index (χ2v) is 5.89. The molecule has 0 amide bonds. The summed E-state index contributed by atoms with van der Waals surface area (Å²) in [4.78, 5) is 0. The summed E-state index contributed by atoms with van der Waals surface area (Å²) in [5.74, 6) is 0. The van der Waals surface area contributed by atoms with Gasteiger partial charge in [-0.3, -0.25) is 0 Å². The van der Waals surface area contributed by atoms with Gasteiger partial charge in [0, 0.05) is 19.8 Å². The number of rotatable bonds is 13. The molecule has 0 unspecified atom stereocenters. The molecule has 0 bridgehead atoms. The lowest BCUT2D eigenvalue weighted by atomic mass is 10.3. The number of hydrogen-bond donors (Lipinski definition) is 0. The van der Waals surface area contributed by atoms with Gasteiger partial charge in [-0.25, -0.2) is 0 Å². The zero-order chi connectivity index (χ0) is 12.8. The van der Waals surface area contributed by atoms with Crippen molar-refractivity contribution in [3.63, 3.8) is 0 Å². The van der Waals surface area contributed by atoms with Crippen molar-refractivity contribution in [3.05, 3.63) is 0 Å². The Balaban J connectivity index is 3.60. The minimum Gasteiger partial charge on any atom is -0.376 e. The molecule has 0 saturated carbocycles. The molecule has 0 heterocycles. The van der Waals surface area contributed by atoms with Crippen molar-refractivity contribution in [3.8, 4) is 0 Å². The highest BCUT2D eigenvalue weighted by Gasteiger charge is 2.14. The maximum absolute atomic E-state index is 5.73. The molecule has 0 aromatic heterocycles. The van der Waals surface area contributed by atoms with Crippen molar-refractivity contribution < 1.29 is 13.3 Å². The highest BCUT2D eigenvalue weighted by molar-refractivity contribution is 6.36. The van der Waals surface area contributed by atoms with E-state index in [1.165, 1.54) is 12.8 Å². The summed E-state index contributed by atoms with van der Waals surface area (Å²) in [6.07, 6.45) is 8.08. The van der Waals surface area contributed by atoms with Gasteiger partial charge in [0.2, 0.25) is 0 Å². The second kappa shape index (κ2) is 14.2. The molecule has 0 aromatic rings. The van der Waals surface area contributed by atoms with Crippen LogP contribution < -0.4 is 0 Å². The third-order valence-corrected chi connectivity index (χ3v) is 4.03. The first-order valence-corrected chi connectivity index (χ1v) is 8.61. The van der Waals surface area contributed by atoms with E-state index in [-0.39, 0.29) is 0 Å². The van der Waals surface area contributed by atoms with E-state index >= 15 is 0 Å². The molecule has 0 rings (SSSR count). The van der Waals surface area contributed by atoms with Crippen molar-refractivity contribution in [1.29, 1.82) is 0 Å². The third kappa shape index (κ3) is 12.3. The zero-order valence-corrected chi connectivity index (χ0v) is 13.0. The summed E-state index contributed by atoms with van der Waals surface area (Å²) in [7, 11) is -1.84. The van der Waals surface area contributed by atoms with Gasteiger partial charge in [-0.2, -0.15) is 0 Å². The minimum absolute atomic E-state index is 0.785. The van der Waals surface area contributed by atoms with Crippen LogP contribution in [0.3, 0.4) is 0 Å². The Hall–Kier alpha value is 0.0969. The van der Waals surface area contributed by atoms with Crippen LogP contribution in [0.4, 0.5) is 0 Å². The first kappa shape index (κ1) is 17.1. The first-order chi connectivity index (χ1) is 8.35. The Morgan fingerprint density at radius 2 is 1.00 bits per heavy atom. The lowest BCUT2D eigenvalue weighted by Crippen LogP contribution is -2.28. The molecule has 0 N–H and O–H groups in total. The normalized spacial score (nSPS) is 11.3. The Morgan fingerprint density at radius 1 is 0.588 bits per heavy atom. The van der Waals surface area contributed by atoms with E-state index in [9.17, 15) is 0 Å². The molecule has 104 valence electrons. The van der Waals surface area contributed by atoms with Gasteiger partial charge in [-0.05, 0) is 19.3 Å². The van der Waals surface area contributed by atoms with Crippen molar-refractivity contribution >= 4 is 9.53 Å². The van der Waals surface area contributed by atoms with Crippen LogP contribution >= 0.6 is 0 Å². The quantitative estimate of drug-likeness (QED) is 0.375. The molecule has 0 spiro atoms. The average molecular weight is 262 g/mol. The monoisotopic (exact) mass is 262 g/mol. The molecule has 0 radical (unpaired) electrons. The summed E-state index contributed by atoms with van der Waals surface area (Å²) >= 11 is 0. The van der Waals surface area contributed by atoms with Crippen molar-refractivity contribution in [1.82, 2.24) is 0 Å². The van der Waals surface area contributed by atoms with Gasteiger partial charge in [-0.15, -0.1) is 0 Å². The van der Waals surface area contributed by atoms with E-state index in [4.69, 9.17) is 13.3 Å². The summed E-state index contributed by atoms with van der Waals surface area (Å²) in [5.41, 5.74) is 0. The van der Waals surface area contributed by atoms with Crippen LogP contribution in [-0.2, 0) is 13.3 Å². The predicted octanol–water partition coefficient (Wildman–Crippen LogP) is 3.54. The standard InChI is InChI=1S/C13H30O3Si/c1-4-7-10-13-16-17(14-11-8-5-2)15-12-9-6-3/h17H,4-13H2,1-3H3. The first-order valence-electron chi connectivity index (χ1n) is 7.19. The van der Waals surface area contributed by atoms with E-state index < -0.39 is 9.53 Å². The van der Waals surface area contributed by atoms with Crippen LogP contribution in [0.2, 0.25) is 0 Å². The summed E-state index contributed by atoms with van der Waals surface area (Å²) in [5, 5.41) is 0. The minimum atomic E-state index is -1.84. The fraction of sp³-hybridized carbons (Fsp3) is 1.00. The van der Waals surface area contributed by atoms with Crippen molar-refractivity contribution in [2.45, 2.75) is 65.7 Å². The summed E-state index contributed by atoms with van der Waals surface area (Å²) < 4.78 is 17.1. The highest BCUT2D eigenvalue weighted by atomic mass is 28.3. The fourth-order valence-electron chi connectivity index (χ4n) is 1.32. The molecular weight excluding hydrogens is 232 g/mol. The predicted molar refractivity (Wildman–Crippen MR) is 74.3 cm³/mol. The van der Waals surface area contributed by atoms with Gasteiger partial charge in [0.05, 0.1) is 0 Å². The van der Waals surface area contributed by atoms with E-state index in [1.807, 2.05) is 0 Å². The van der Waals surface area contributed by atoms with E-state index in [1.54, 1.807) is 0 Å². The van der Waals surface area contributed by atoms with Gasteiger partial charge < -0.3 is 13.3 Å². The van der Waals surface area contributed by atoms with Gasteiger partial charge in [0.1, 0.15) is 0 Å². The fourth-order valence-corrected chi connectivity index (χ4v) is 2.69. The maximum atomic E-state index is 5.73. The van der Waals surface area contributed by atoms with Crippen molar-refractivity contribution in [2.24, 2.45) is 0 Å². The Bertz CT molecular complexity index is 135. The van der Waals surface area contributed by atoms with Gasteiger partial charge in [-0.1, -0.05) is 46.5 Å². The molecule has 17 heavy (non-hydrogen) atoms. The second-order valence-electron chi connectivity index (χ2n) is 4.32. The largest absolute Gasteiger partial charge is 0.484 e. The molecule has 0 aromatic carbocycles. The molecule has 0 aliphatic carbocycles. The Labute approximate surface area is 109 Å². The topological polar surface area (TPSA) is 27.7 Å². The Morgan fingerprint density at radius 3 is 1.41 bits per heavy atom. The molecule has 4 heteroatoms. The highest BCUT2D eigenvalue weighted by Crippen LogP contribution is 2.01. The summed E-state index contributed by atoms with van der Waals surface area (Å²) in [6, 6.07) is 0. The summed E-state index contributed by atoms with van der Waals surface area (Å²) in [6.45, 7) is 8.90. The smallest absolute Gasteiger partial charge is 0.376 e. The van der Waals surface area contributed by atoms with Gasteiger partial charge in [0.25, 0.3) is 0 Å². The molecule has 0 fully saturated rings. The lowest BCUT2D eigenvalue weighted by molar-refractivity contribution is 0.0895. The van der Waals surface area contributed by atoms with E-state index in [2.05, 4.69) is 20.8 Å². The van der Waals surface area contributed by atoms with Crippen LogP contribution in [0, 0.1) is 0 Å². The molecule has 0 atom stereocenters. The van der Waals surface area contributed by atoms with Crippen LogP contribution in [0.15, 0.2) is 0 Å². The van der Waals surface area contributed by atoms with E-state index in [0.717, 1.165) is 51.9 Å². The van der Waals surface area contributed by atoms with Gasteiger partial charge >= 0.3 is 9.53 Å². The van der Waals surface area contributed by atoms with Crippen LogP contribution in [0.1, 0.15) is 65.7 Å². The Kier molecular flexibility index (Phi) is 14.2. The van der Waals surface area contributed by atoms with Crippen LogP contribution in [-0.4, -0.2) is 29.3 Å². The molecule has 0 aliphatic heterocycles. The zero-order valence-electron chi connectivity index (χ0n) is 11.9. The SMILES string of the molecule is CCCCCO[SiH](OCCCC)OCCCC. The van der Waals surface area contributed by atoms with Crippen molar-refractivity contribution in [2.75, 3.05) is 19.8 Å².